The van der Waals surface area contributed by atoms with E-state index in [0.29, 0.717) is 18.8 Å². The first-order chi connectivity index (χ1) is 11.0. The number of amides is 2. The number of aryl methyl sites for hydroxylation is 1. The van der Waals surface area contributed by atoms with E-state index in [1.54, 1.807) is 17.0 Å². The number of carbonyl (C=O) groups excluding carboxylic acids is 1. The third-order valence-electron chi connectivity index (χ3n) is 3.93. The number of rotatable bonds is 2. The molecule has 23 heavy (non-hydrogen) atoms. The molecule has 0 bridgehead atoms. The van der Waals surface area contributed by atoms with E-state index in [1.165, 1.54) is 0 Å². The number of phenolic OH excluding ortho intramolecular Hbond substituents is 1. The summed E-state index contributed by atoms with van der Waals surface area (Å²) in [5, 5.41) is 12.8. The number of hydrogen-bond acceptors (Lipinski definition) is 4. The van der Waals surface area contributed by atoms with E-state index >= 15 is 0 Å². The van der Waals surface area contributed by atoms with Crippen LogP contribution in [0.15, 0.2) is 30.3 Å². The molecule has 0 aliphatic carbocycles. The van der Waals surface area contributed by atoms with Crippen LogP contribution < -0.4 is 10.2 Å². The summed E-state index contributed by atoms with van der Waals surface area (Å²) in [4.78, 5) is 20.5. The van der Waals surface area contributed by atoms with Gasteiger partial charge in [-0.05, 0) is 30.7 Å². The van der Waals surface area contributed by atoms with Crippen molar-refractivity contribution in [2.75, 3.05) is 24.3 Å². The van der Waals surface area contributed by atoms with Crippen LogP contribution in [0, 0.1) is 6.92 Å². The molecule has 1 aromatic carbocycles. The Balaban J connectivity index is 1.78. The van der Waals surface area contributed by atoms with Gasteiger partial charge in [-0.3, -0.25) is 0 Å². The Hall–Kier alpha value is -2.76. The summed E-state index contributed by atoms with van der Waals surface area (Å²) < 4.78 is 0. The van der Waals surface area contributed by atoms with Crippen LogP contribution in [-0.4, -0.2) is 35.1 Å². The zero-order valence-electron chi connectivity index (χ0n) is 13.5. The predicted molar refractivity (Wildman–Crippen MR) is 89.7 cm³/mol. The first kappa shape index (κ1) is 15.1. The van der Waals surface area contributed by atoms with E-state index in [0.717, 1.165) is 22.6 Å². The third-order valence-corrected chi connectivity index (χ3v) is 3.93. The zero-order valence-corrected chi connectivity index (χ0v) is 13.5. The first-order valence-electron chi connectivity index (χ1n) is 7.46. The molecule has 2 heterocycles. The Bertz CT molecular complexity index is 758. The molecule has 2 amide bonds. The fourth-order valence-corrected chi connectivity index (χ4v) is 2.72. The molecular weight excluding hydrogens is 292 g/mol. The molecular formula is C17H20N4O2. The second-order valence-corrected chi connectivity index (χ2v) is 5.92. The molecule has 0 unspecified atom stereocenters. The maximum Gasteiger partial charge on any atom is 0.322 e. The topological polar surface area (TPSA) is 68.7 Å². The number of phenols is 1. The van der Waals surface area contributed by atoms with Gasteiger partial charge in [-0.15, -0.1) is 0 Å². The highest BCUT2D eigenvalue weighted by Gasteiger charge is 2.26. The maximum atomic E-state index is 12.5. The largest absolute Gasteiger partial charge is 0.508 e. The smallest absolute Gasteiger partial charge is 0.322 e. The van der Waals surface area contributed by atoms with E-state index in [2.05, 4.69) is 10.3 Å². The van der Waals surface area contributed by atoms with Crippen molar-refractivity contribution in [1.82, 2.24) is 9.88 Å². The van der Waals surface area contributed by atoms with Crippen molar-refractivity contribution in [2.45, 2.75) is 20.0 Å². The SMILES string of the molecule is Cc1ccc(NC(=O)N2Cc3cccc(O)c3C2)c(N(C)C)n1. The van der Waals surface area contributed by atoms with Crippen molar-refractivity contribution >= 4 is 17.5 Å². The number of pyridine rings is 1. The van der Waals surface area contributed by atoms with Crippen LogP contribution in [0.5, 0.6) is 5.75 Å². The minimum absolute atomic E-state index is 0.200. The summed E-state index contributed by atoms with van der Waals surface area (Å²) in [5.74, 6) is 0.960. The Morgan fingerprint density at radius 2 is 2.04 bits per heavy atom. The minimum Gasteiger partial charge on any atom is -0.508 e. The number of anilines is 2. The lowest BCUT2D eigenvalue weighted by Gasteiger charge is -2.20. The molecule has 1 aliphatic rings. The van der Waals surface area contributed by atoms with Crippen molar-refractivity contribution in [2.24, 2.45) is 0 Å². The number of aromatic nitrogens is 1. The van der Waals surface area contributed by atoms with Gasteiger partial charge in [0.15, 0.2) is 5.82 Å². The van der Waals surface area contributed by atoms with Gasteiger partial charge >= 0.3 is 6.03 Å². The van der Waals surface area contributed by atoms with E-state index in [4.69, 9.17) is 0 Å². The summed E-state index contributed by atoms with van der Waals surface area (Å²) in [6, 6.07) is 8.90. The molecule has 0 spiro atoms. The van der Waals surface area contributed by atoms with Crippen LogP contribution in [0.2, 0.25) is 0 Å². The molecule has 0 fully saturated rings. The molecule has 0 radical (unpaired) electrons. The van der Waals surface area contributed by atoms with E-state index in [9.17, 15) is 9.90 Å². The summed E-state index contributed by atoms with van der Waals surface area (Å²) in [6.07, 6.45) is 0. The summed E-state index contributed by atoms with van der Waals surface area (Å²) in [5.41, 5.74) is 3.36. The van der Waals surface area contributed by atoms with Crippen LogP contribution >= 0.6 is 0 Å². The minimum atomic E-state index is -0.200. The van der Waals surface area contributed by atoms with Gasteiger partial charge in [0.25, 0.3) is 0 Å². The molecule has 0 atom stereocenters. The summed E-state index contributed by atoms with van der Waals surface area (Å²) in [6.45, 7) is 2.81. The molecule has 3 rings (SSSR count). The Morgan fingerprint density at radius 1 is 1.26 bits per heavy atom. The average molecular weight is 312 g/mol. The van der Waals surface area contributed by atoms with E-state index < -0.39 is 0 Å². The number of carbonyl (C=O) groups is 1. The number of nitrogens with zero attached hydrogens (tertiary/aromatic N) is 3. The van der Waals surface area contributed by atoms with Gasteiger partial charge in [-0.25, -0.2) is 9.78 Å². The predicted octanol–water partition coefficient (Wildman–Crippen LogP) is 2.71. The van der Waals surface area contributed by atoms with Crippen LogP contribution in [-0.2, 0) is 13.1 Å². The summed E-state index contributed by atoms with van der Waals surface area (Å²) in [7, 11) is 3.78. The molecule has 2 N–H and O–H groups in total. The lowest BCUT2D eigenvalue weighted by atomic mass is 10.1. The van der Waals surface area contributed by atoms with E-state index in [1.807, 2.05) is 44.1 Å². The van der Waals surface area contributed by atoms with Gasteiger partial charge in [0, 0.05) is 31.9 Å². The van der Waals surface area contributed by atoms with Gasteiger partial charge < -0.3 is 20.2 Å². The van der Waals surface area contributed by atoms with Crippen LogP contribution in [0.1, 0.15) is 16.8 Å². The average Bonchev–Trinajstić information content (AvgIpc) is 2.94. The standard InChI is InChI=1S/C17H20N4O2/c1-11-7-8-14(16(18-11)20(2)3)19-17(23)21-9-12-5-4-6-15(22)13(12)10-21/h4-8,22H,9-10H2,1-3H3,(H,19,23). The van der Waals surface area contributed by atoms with Gasteiger partial charge in [0.2, 0.25) is 0 Å². The van der Waals surface area contributed by atoms with Gasteiger partial charge in [0.1, 0.15) is 5.75 Å². The number of hydrogen-bond donors (Lipinski definition) is 2. The number of nitrogens with one attached hydrogen (secondary N) is 1. The number of aromatic hydroxyl groups is 1. The zero-order chi connectivity index (χ0) is 16.6. The van der Waals surface area contributed by atoms with Crippen LogP contribution in [0.4, 0.5) is 16.3 Å². The normalized spacial score (nSPS) is 12.9. The molecule has 2 aromatic rings. The Kier molecular flexibility index (Phi) is 3.82. The molecule has 6 nitrogen and oxygen atoms in total. The van der Waals surface area contributed by atoms with Crippen LogP contribution in [0.25, 0.3) is 0 Å². The second kappa shape index (κ2) is 5.79. The molecule has 0 saturated heterocycles. The molecule has 120 valence electrons. The fourth-order valence-electron chi connectivity index (χ4n) is 2.72. The lowest BCUT2D eigenvalue weighted by molar-refractivity contribution is 0.212. The number of fused-ring (bicyclic) bond motifs is 1. The second-order valence-electron chi connectivity index (χ2n) is 5.92. The van der Waals surface area contributed by atoms with Crippen molar-refractivity contribution in [3.05, 3.63) is 47.2 Å². The van der Waals surface area contributed by atoms with Crippen molar-refractivity contribution in [1.29, 1.82) is 0 Å². The Labute approximate surface area is 135 Å². The number of urea groups is 1. The van der Waals surface area contributed by atoms with Gasteiger partial charge in [-0.2, -0.15) is 0 Å². The molecule has 6 heteroatoms. The monoisotopic (exact) mass is 312 g/mol. The van der Waals surface area contributed by atoms with Crippen LogP contribution in [0.3, 0.4) is 0 Å². The van der Waals surface area contributed by atoms with Crippen molar-refractivity contribution < 1.29 is 9.90 Å². The van der Waals surface area contributed by atoms with Gasteiger partial charge in [0.05, 0.1) is 12.2 Å². The highest BCUT2D eigenvalue weighted by atomic mass is 16.3. The van der Waals surface area contributed by atoms with Gasteiger partial charge in [-0.1, -0.05) is 12.1 Å². The molecule has 0 saturated carbocycles. The molecule has 1 aromatic heterocycles. The fraction of sp³-hybridized carbons (Fsp3) is 0.294. The van der Waals surface area contributed by atoms with Crippen molar-refractivity contribution in [3.63, 3.8) is 0 Å². The quantitative estimate of drug-likeness (QED) is 0.894. The summed E-state index contributed by atoms with van der Waals surface area (Å²) >= 11 is 0. The molecule has 1 aliphatic heterocycles. The highest BCUT2D eigenvalue weighted by molar-refractivity contribution is 5.92. The lowest BCUT2D eigenvalue weighted by Crippen LogP contribution is -2.31. The van der Waals surface area contributed by atoms with Crippen molar-refractivity contribution in [3.8, 4) is 5.75 Å². The maximum absolute atomic E-state index is 12.5. The van der Waals surface area contributed by atoms with E-state index in [-0.39, 0.29) is 11.8 Å². The first-order valence-corrected chi connectivity index (χ1v) is 7.46. The Morgan fingerprint density at radius 3 is 2.74 bits per heavy atom. The third kappa shape index (κ3) is 2.92. The number of benzene rings is 1. The highest BCUT2D eigenvalue weighted by Crippen LogP contribution is 2.31.